The van der Waals surface area contributed by atoms with Crippen LogP contribution in [0.1, 0.15) is 32.3 Å². The Kier molecular flexibility index (Phi) is 5.34. The van der Waals surface area contributed by atoms with Crippen molar-refractivity contribution in [1.82, 2.24) is 14.8 Å². The Bertz CT molecular complexity index is 828. The van der Waals surface area contributed by atoms with Crippen LogP contribution in [0.3, 0.4) is 0 Å². The molecule has 3 rings (SSSR count). The quantitative estimate of drug-likeness (QED) is 0.624. The number of nitrogens with one attached hydrogen (secondary N) is 1. The van der Waals surface area contributed by atoms with Gasteiger partial charge in [0, 0.05) is 25.4 Å². The number of aliphatic imine (C=N–C) groups is 1. The summed E-state index contributed by atoms with van der Waals surface area (Å²) in [4.78, 5) is 48.5. The molecular formula is C19H23N5O3. The van der Waals surface area contributed by atoms with E-state index in [2.05, 4.69) is 15.3 Å². The summed E-state index contributed by atoms with van der Waals surface area (Å²) < 4.78 is 0. The number of pyridine rings is 1. The summed E-state index contributed by atoms with van der Waals surface area (Å²) in [7, 11) is 1.47. The highest BCUT2D eigenvalue weighted by Gasteiger charge is 2.42. The Labute approximate surface area is 158 Å². The Morgan fingerprint density at radius 1 is 1.37 bits per heavy atom. The second kappa shape index (κ2) is 7.69. The van der Waals surface area contributed by atoms with E-state index in [1.165, 1.54) is 7.05 Å². The molecule has 142 valence electrons. The van der Waals surface area contributed by atoms with Crippen molar-refractivity contribution in [2.75, 3.05) is 18.9 Å². The van der Waals surface area contributed by atoms with Crippen LogP contribution in [0.15, 0.2) is 34.6 Å². The number of anilines is 1. The highest BCUT2D eigenvalue weighted by molar-refractivity contribution is 6.19. The van der Waals surface area contributed by atoms with Crippen molar-refractivity contribution in [3.8, 4) is 0 Å². The van der Waals surface area contributed by atoms with Crippen LogP contribution in [0.5, 0.6) is 0 Å². The SMILES string of the molecule is CC=NCc1ccc(NC(=O)C(C)N2CCCC3=C2C(=O)N(C)C3=O)nc1. The van der Waals surface area contributed by atoms with E-state index < -0.39 is 6.04 Å². The van der Waals surface area contributed by atoms with Gasteiger partial charge >= 0.3 is 0 Å². The maximum atomic E-state index is 12.7. The minimum Gasteiger partial charge on any atom is -0.355 e. The van der Waals surface area contributed by atoms with E-state index in [1.54, 1.807) is 30.3 Å². The predicted molar refractivity (Wildman–Crippen MR) is 101 cm³/mol. The Hall–Kier alpha value is -3.03. The first-order chi connectivity index (χ1) is 12.9. The number of amides is 3. The van der Waals surface area contributed by atoms with Gasteiger partial charge < -0.3 is 10.2 Å². The first-order valence-electron chi connectivity index (χ1n) is 8.96. The lowest BCUT2D eigenvalue weighted by molar-refractivity contribution is -0.136. The fourth-order valence-corrected chi connectivity index (χ4v) is 3.29. The molecule has 0 aliphatic carbocycles. The van der Waals surface area contributed by atoms with Gasteiger partial charge in [0.2, 0.25) is 5.91 Å². The van der Waals surface area contributed by atoms with E-state index in [9.17, 15) is 14.4 Å². The molecule has 2 aliphatic rings. The monoisotopic (exact) mass is 369 g/mol. The molecule has 1 aromatic rings. The Balaban J connectivity index is 1.72. The van der Waals surface area contributed by atoms with Crippen molar-refractivity contribution < 1.29 is 14.4 Å². The topological polar surface area (TPSA) is 95.0 Å². The third kappa shape index (κ3) is 3.60. The summed E-state index contributed by atoms with van der Waals surface area (Å²) >= 11 is 0. The molecule has 0 aromatic carbocycles. The number of nitrogens with zero attached hydrogens (tertiary/aromatic N) is 4. The minimum atomic E-state index is -0.593. The standard InChI is InChI=1S/C19H23N5O3/c1-4-20-10-13-7-8-15(21-11-13)22-17(25)12(2)24-9-5-6-14-16(24)19(27)23(3)18(14)26/h4,7-8,11-12H,5-6,9-10H2,1-3H3,(H,21,22,25). The molecule has 0 radical (unpaired) electrons. The fourth-order valence-electron chi connectivity index (χ4n) is 3.29. The van der Waals surface area contributed by atoms with Crippen molar-refractivity contribution in [2.24, 2.45) is 4.99 Å². The molecule has 1 aromatic heterocycles. The second-order valence-corrected chi connectivity index (χ2v) is 6.61. The van der Waals surface area contributed by atoms with Gasteiger partial charge in [-0.05, 0) is 44.5 Å². The molecule has 2 aliphatic heterocycles. The molecule has 3 amide bonds. The smallest absolute Gasteiger partial charge is 0.277 e. The third-order valence-corrected chi connectivity index (χ3v) is 4.85. The van der Waals surface area contributed by atoms with E-state index in [1.807, 2.05) is 13.0 Å². The highest BCUT2D eigenvalue weighted by Crippen LogP contribution is 2.32. The number of likely N-dealkylation sites (N-methyl/N-ethyl adjacent to an activating group) is 1. The zero-order valence-electron chi connectivity index (χ0n) is 15.7. The van der Waals surface area contributed by atoms with Crippen molar-refractivity contribution in [3.63, 3.8) is 0 Å². The van der Waals surface area contributed by atoms with Gasteiger partial charge in [0.1, 0.15) is 17.6 Å². The summed E-state index contributed by atoms with van der Waals surface area (Å²) in [6.45, 7) is 4.68. The van der Waals surface area contributed by atoms with Crippen LogP contribution in [0, 0.1) is 0 Å². The molecule has 1 N–H and O–H groups in total. The molecule has 1 unspecified atom stereocenters. The average molecular weight is 369 g/mol. The van der Waals surface area contributed by atoms with Gasteiger partial charge in [-0.2, -0.15) is 0 Å². The van der Waals surface area contributed by atoms with Gasteiger partial charge in [-0.15, -0.1) is 0 Å². The van der Waals surface area contributed by atoms with Crippen molar-refractivity contribution >= 4 is 29.8 Å². The molecule has 1 atom stereocenters. The first-order valence-corrected chi connectivity index (χ1v) is 8.96. The number of imide groups is 1. The summed E-state index contributed by atoms with van der Waals surface area (Å²) in [5.74, 6) is -0.439. The Morgan fingerprint density at radius 3 is 2.81 bits per heavy atom. The van der Waals surface area contributed by atoms with Crippen LogP contribution in [0.2, 0.25) is 0 Å². The molecule has 8 heteroatoms. The summed E-state index contributed by atoms with van der Waals surface area (Å²) in [5.41, 5.74) is 1.81. The van der Waals surface area contributed by atoms with Crippen molar-refractivity contribution in [2.45, 2.75) is 39.3 Å². The Morgan fingerprint density at radius 2 is 2.15 bits per heavy atom. The molecule has 8 nitrogen and oxygen atoms in total. The predicted octanol–water partition coefficient (Wildman–Crippen LogP) is 1.35. The number of hydrogen-bond donors (Lipinski definition) is 1. The number of carbonyl (C=O) groups is 3. The lowest BCUT2D eigenvalue weighted by Gasteiger charge is -2.33. The van der Waals surface area contributed by atoms with Crippen molar-refractivity contribution in [3.05, 3.63) is 35.2 Å². The van der Waals surface area contributed by atoms with Crippen LogP contribution in [-0.2, 0) is 20.9 Å². The van der Waals surface area contributed by atoms with Crippen LogP contribution in [0.4, 0.5) is 5.82 Å². The minimum absolute atomic E-state index is 0.265. The maximum absolute atomic E-state index is 12.7. The van der Waals surface area contributed by atoms with Crippen LogP contribution in [0.25, 0.3) is 0 Å². The van der Waals surface area contributed by atoms with Gasteiger partial charge in [-0.1, -0.05) is 6.07 Å². The average Bonchev–Trinajstić information content (AvgIpc) is 2.91. The fraction of sp³-hybridized carbons (Fsp3) is 0.421. The van der Waals surface area contributed by atoms with E-state index in [-0.39, 0.29) is 17.7 Å². The second-order valence-electron chi connectivity index (χ2n) is 6.61. The summed E-state index contributed by atoms with van der Waals surface area (Å²) in [5, 5.41) is 2.78. The van der Waals surface area contributed by atoms with Gasteiger partial charge in [-0.25, -0.2) is 4.98 Å². The molecule has 3 heterocycles. The number of carbonyl (C=O) groups excluding carboxylic acids is 3. The lowest BCUT2D eigenvalue weighted by Crippen LogP contribution is -2.45. The number of aromatic nitrogens is 1. The molecule has 0 saturated heterocycles. The molecular weight excluding hydrogens is 346 g/mol. The third-order valence-electron chi connectivity index (χ3n) is 4.85. The molecule has 0 spiro atoms. The van der Waals surface area contributed by atoms with Crippen LogP contribution < -0.4 is 5.32 Å². The maximum Gasteiger partial charge on any atom is 0.277 e. The van der Waals surface area contributed by atoms with Gasteiger partial charge in [-0.3, -0.25) is 24.3 Å². The zero-order chi connectivity index (χ0) is 19.6. The lowest BCUT2D eigenvalue weighted by atomic mass is 10.0. The summed E-state index contributed by atoms with van der Waals surface area (Å²) in [6.07, 6.45) is 4.70. The zero-order valence-corrected chi connectivity index (χ0v) is 15.7. The largest absolute Gasteiger partial charge is 0.355 e. The van der Waals surface area contributed by atoms with E-state index in [0.717, 1.165) is 16.9 Å². The van der Waals surface area contributed by atoms with Gasteiger partial charge in [0.15, 0.2) is 0 Å². The van der Waals surface area contributed by atoms with Crippen molar-refractivity contribution in [1.29, 1.82) is 0 Å². The number of rotatable bonds is 5. The molecule has 0 bridgehead atoms. The number of hydrogen-bond acceptors (Lipinski definition) is 6. The van der Waals surface area contributed by atoms with Gasteiger partial charge in [0.25, 0.3) is 11.8 Å². The molecule has 27 heavy (non-hydrogen) atoms. The van der Waals surface area contributed by atoms with E-state index in [0.29, 0.717) is 36.6 Å². The molecule has 0 fully saturated rings. The van der Waals surface area contributed by atoms with E-state index in [4.69, 9.17) is 0 Å². The van der Waals surface area contributed by atoms with Crippen LogP contribution >= 0.6 is 0 Å². The highest BCUT2D eigenvalue weighted by atomic mass is 16.2. The normalized spacial score (nSPS) is 18.3. The molecule has 0 saturated carbocycles. The summed E-state index contributed by atoms with van der Waals surface area (Å²) in [6, 6.07) is 2.99. The van der Waals surface area contributed by atoms with Crippen LogP contribution in [-0.4, -0.2) is 58.4 Å². The van der Waals surface area contributed by atoms with E-state index >= 15 is 0 Å². The van der Waals surface area contributed by atoms with Gasteiger partial charge in [0.05, 0.1) is 6.54 Å². The first kappa shape index (κ1) is 18.8.